The molecule has 0 aliphatic rings. The van der Waals surface area contributed by atoms with Crippen molar-refractivity contribution in [2.45, 2.75) is 19.3 Å². The number of rotatable bonds is 9. The van der Waals surface area contributed by atoms with E-state index in [0.717, 1.165) is 44.5 Å². The molecule has 0 atom stereocenters. The van der Waals surface area contributed by atoms with Crippen molar-refractivity contribution < 1.29 is 5.11 Å². The van der Waals surface area contributed by atoms with Crippen LogP contribution in [0.2, 0.25) is 0 Å². The molecule has 0 radical (unpaired) electrons. The largest absolute Gasteiger partial charge is 0.507 e. The molecule has 0 aliphatic heterocycles. The Morgan fingerprint density at radius 1 is 1.17 bits per heavy atom. The first kappa shape index (κ1) is 14.7. The molecule has 4 N–H and O–H groups in total. The Labute approximate surface area is 109 Å². The Hall–Kier alpha value is -1.39. The van der Waals surface area contributed by atoms with Gasteiger partial charge >= 0.3 is 0 Å². The number of benzene rings is 1. The number of hydrogen-bond acceptors (Lipinski definition) is 4. The monoisotopic (exact) mass is 249 g/mol. The Morgan fingerprint density at radius 2 is 2.00 bits per heavy atom. The molecule has 0 saturated heterocycles. The van der Waals surface area contributed by atoms with Gasteiger partial charge in [0, 0.05) is 31.4 Å². The van der Waals surface area contributed by atoms with Crippen LogP contribution in [0.25, 0.3) is 0 Å². The van der Waals surface area contributed by atoms with Crippen LogP contribution in [0.1, 0.15) is 24.8 Å². The van der Waals surface area contributed by atoms with Crippen molar-refractivity contribution in [2.75, 3.05) is 26.2 Å². The number of para-hydroxylation sites is 1. The highest BCUT2D eigenvalue weighted by Crippen LogP contribution is 2.12. The summed E-state index contributed by atoms with van der Waals surface area (Å²) in [6.45, 7) is 3.43. The summed E-state index contributed by atoms with van der Waals surface area (Å²) in [5.74, 6) is 0.284. The molecule has 18 heavy (non-hydrogen) atoms. The zero-order valence-electron chi connectivity index (χ0n) is 10.8. The minimum atomic E-state index is 0.284. The van der Waals surface area contributed by atoms with Crippen molar-refractivity contribution in [1.29, 1.82) is 0 Å². The van der Waals surface area contributed by atoms with E-state index in [1.807, 2.05) is 12.1 Å². The van der Waals surface area contributed by atoms with Gasteiger partial charge in [-0.1, -0.05) is 18.6 Å². The first-order valence-electron chi connectivity index (χ1n) is 6.53. The van der Waals surface area contributed by atoms with Gasteiger partial charge in [0.25, 0.3) is 0 Å². The minimum Gasteiger partial charge on any atom is -0.507 e. The van der Waals surface area contributed by atoms with Crippen molar-refractivity contribution in [1.82, 2.24) is 5.32 Å². The van der Waals surface area contributed by atoms with E-state index in [1.165, 1.54) is 0 Å². The van der Waals surface area contributed by atoms with Crippen LogP contribution in [0, 0.1) is 0 Å². The third-order valence-corrected chi connectivity index (χ3v) is 2.63. The van der Waals surface area contributed by atoms with Gasteiger partial charge in [-0.05, 0) is 31.5 Å². The molecule has 0 amide bonds. The zero-order valence-corrected chi connectivity index (χ0v) is 10.8. The van der Waals surface area contributed by atoms with E-state index in [9.17, 15) is 5.11 Å². The molecule has 0 bridgehead atoms. The summed E-state index contributed by atoms with van der Waals surface area (Å²) in [7, 11) is 0. The van der Waals surface area contributed by atoms with E-state index >= 15 is 0 Å². The highest BCUT2D eigenvalue weighted by molar-refractivity contribution is 5.83. The van der Waals surface area contributed by atoms with Crippen LogP contribution in [0.3, 0.4) is 0 Å². The summed E-state index contributed by atoms with van der Waals surface area (Å²) in [5, 5.41) is 12.8. The van der Waals surface area contributed by atoms with Crippen LogP contribution in [-0.2, 0) is 0 Å². The Morgan fingerprint density at radius 3 is 2.78 bits per heavy atom. The molecule has 0 spiro atoms. The van der Waals surface area contributed by atoms with E-state index in [0.29, 0.717) is 6.54 Å². The standard InChI is InChI=1S/C14H23N3O/c15-8-11-16-9-4-1-5-10-17-12-13-6-2-3-7-14(13)18/h2-3,6-7,12,16,18H,1,4-5,8-11,15H2. The molecular weight excluding hydrogens is 226 g/mol. The molecule has 0 aromatic heterocycles. The van der Waals surface area contributed by atoms with Gasteiger partial charge in [0.2, 0.25) is 0 Å². The molecular formula is C14H23N3O. The number of phenols is 1. The minimum absolute atomic E-state index is 0.284. The number of nitrogens with one attached hydrogen (secondary N) is 1. The van der Waals surface area contributed by atoms with Crippen molar-refractivity contribution in [2.24, 2.45) is 10.7 Å². The summed E-state index contributed by atoms with van der Waals surface area (Å²) >= 11 is 0. The molecule has 100 valence electrons. The predicted octanol–water partition coefficient (Wildman–Crippen LogP) is 1.53. The molecule has 1 aromatic carbocycles. The number of aromatic hydroxyl groups is 1. The summed E-state index contributed by atoms with van der Waals surface area (Å²) < 4.78 is 0. The van der Waals surface area contributed by atoms with Gasteiger partial charge in [-0.15, -0.1) is 0 Å². The van der Waals surface area contributed by atoms with Crippen LogP contribution < -0.4 is 11.1 Å². The quantitative estimate of drug-likeness (QED) is 0.459. The highest BCUT2D eigenvalue weighted by Gasteiger charge is 1.94. The van der Waals surface area contributed by atoms with E-state index in [1.54, 1.807) is 18.3 Å². The number of phenolic OH excluding ortho intramolecular Hbond substituents is 1. The molecule has 4 nitrogen and oxygen atoms in total. The smallest absolute Gasteiger partial charge is 0.124 e. The second kappa shape index (κ2) is 9.62. The number of aliphatic imine (C=N–C) groups is 1. The fourth-order valence-corrected chi connectivity index (χ4v) is 1.62. The molecule has 0 unspecified atom stereocenters. The second-order valence-corrected chi connectivity index (χ2v) is 4.19. The maximum atomic E-state index is 9.52. The maximum absolute atomic E-state index is 9.52. The summed E-state index contributed by atoms with van der Waals surface area (Å²) in [6.07, 6.45) is 5.14. The lowest BCUT2D eigenvalue weighted by Crippen LogP contribution is -2.23. The summed E-state index contributed by atoms with van der Waals surface area (Å²) in [6, 6.07) is 7.23. The molecule has 0 aliphatic carbocycles. The van der Waals surface area contributed by atoms with E-state index < -0.39 is 0 Å². The lowest BCUT2D eigenvalue weighted by molar-refractivity contribution is 0.474. The van der Waals surface area contributed by atoms with Crippen LogP contribution in [0.5, 0.6) is 5.75 Å². The van der Waals surface area contributed by atoms with Crippen LogP contribution in [0.15, 0.2) is 29.3 Å². The average Bonchev–Trinajstić information content (AvgIpc) is 2.39. The third-order valence-electron chi connectivity index (χ3n) is 2.63. The zero-order chi connectivity index (χ0) is 13.1. The predicted molar refractivity (Wildman–Crippen MR) is 76.3 cm³/mol. The first-order valence-corrected chi connectivity index (χ1v) is 6.53. The SMILES string of the molecule is NCCNCCCCCN=Cc1ccccc1O. The van der Waals surface area contributed by atoms with E-state index in [4.69, 9.17) is 5.73 Å². The first-order chi connectivity index (χ1) is 8.84. The third kappa shape index (κ3) is 6.37. The molecule has 1 aromatic rings. The number of unbranched alkanes of at least 4 members (excludes halogenated alkanes) is 2. The lowest BCUT2D eigenvalue weighted by atomic mass is 10.2. The van der Waals surface area contributed by atoms with Gasteiger partial charge in [-0.2, -0.15) is 0 Å². The topological polar surface area (TPSA) is 70.6 Å². The van der Waals surface area contributed by atoms with Gasteiger partial charge < -0.3 is 16.2 Å². The van der Waals surface area contributed by atoms with Crippen molar-refractivity contribution >= 4 is 6.21 Å². The van der Waals surface area contributed by atoms with Gasteiger partial charge in [-0.25, -0.2) is 0 Å². The van der Waals surface area contributed by atoms with E-state index in [2.05, 4.69) is 10.3 Å². The molecule has 4 heteroatoms. The van der Waals surface area contributed by atoms with Crippen molar-refractivity contribution in [3.8, 4) is 5.75 Å². The molecule has 0 heterocycles. The fourth-order valence-electron chi connectivity index (χ4n) is 1.62. The van der Waals surface area contributed by atoms with Gasteiger partial charge in [0.05, 0.1) is 0 Å². The number of hydrogen-bond donors (Lipinski definition) is 3. The Kier molecular flexibility index (Phi) is 7.84. The van der Waals surface area contributed by atoms with Gasteiger partial charge in [0.1, 0.15) is 5.75 Å². The maximum Gasteiger partial charge on any atom is 0.124 e. The molecule has 1 rings (SSSR count). The second-order valence-electron chi connectivity index (χ2n) is 4.19. The number of nitrogens with two attached hydrogens (primary N) is 1. The van der Waals surface area contributed by atoms with Gasteiger partial charge in [-0.3, -0.25) is 4.99 Å². The van der Waals surface area contributed by atoms with Crippen LogP contribution >= 0.6 is 0 Å². The van der Waals surface area contributed by atoms with Crippen molar-refractivity contribution in [3.05, 3.63) is 29.8 Å². The fraction of sp³-hybridized carbons (Fsp3) is 0.500. The molecule has 0 fully saturated rings. The van der Waals surface area contributed by atoms with Crippen molar-refractivity contribution in [3.63, 3.8) is 0 Å². The molecule has 0 saturated carbocycles. The Balaban J connectivity index is 2.06. The van der Waals surface area contributed by atoms with Gasteiger partial charge in [0.15, 0.2) is 0 Å². The summed E-state index contributed by atoms with van der Waals surface area (Å²) in [4.78, 5) is 4.31. The summed E-state index contributed by atoms with van der Waals surface area (Å²) in [5.41, 5.74) is 6.15. The van der Waals surface area contributed by atoms with E-state index in [-0.39, 0.29) is 5.75 Å². The highest BCUT2D eigenvalue weighted by atomic mass is 16.3. The van der Waals surface area contributed by atoms with Crippen LogP contribution in [-0.4, -0.2) is 37.5 Å². The number of nitrogens with zero attached hydrogens (tertiary/aromatic N) is 1. The lowest BCUT2D eigenvalue weighted by Gasteiger charge is -2.01. The normalized spacial score (nSPS) is 11.2. The average molecular weight is 249 g/mol. The Bertz CT molecular complexity index is 353. The van der Waals surface area contributed by atoms with Crippen LogP contribution in [0.4, 0.5) is 0 Å².